The van der Waals surface area contributed by atoms with E-state index in [0.29, 0.717) is 23.3 Å². The molecule has 0 saturated heterocycles. The highest BCUT2D eigenvalue weighted by Crippen LogP contribution is 2.31. The minimum Gasteiger partial charge on any atom is -0.491 e. The Labute approximate surface area is 89.7 Å². The SMILES string of the molecule is ClCCOc1cccc(Br)c1Cl. The lowest BCUT2D eigenvalue weighted by molar-refractivity contribution is 0.343. The van der Waals surface area contributed by atoms with Gasteiger partial charge >= 0.3 is 0 Å². The van der Waals surface area contributed by atoms with Crippen molar-refractivity contribution in [1.29, 1.82) is 0 Å². The third kappa shape index (κ3) is 2.54. The van der Waals surface area contributed by atoms with E-state index in [1.807, 2.05) is 12.1 Å². The largest absolute Gasteiger partial charge is 0.491 e. The second-order valence-corrected chi connectivity index (χ2v) is 3.70. The third-order valence-corrected chi connectivity index (χ3v) is 2.68. The van der Waals surface area contributed by atoms with E-state index < -0.39 is 0 Å². The van der Waals surface area contributed by atoms with Crippen LogP contribution in [0.25, 0.3) is 0 Å². The summed E-state index contributed by atoms with van der Waals surface area (Å²) in [5.74, 6) is 1.12. The zero-order chi connectivity index (χ0) is 8.97. The lowest BCUT2D eigenvalue weighted by Crippen LogP contribution is -1.98. The number of rotatable bonds is 3. The maximum absolute atomic E-state index is 5.91. The topological polar surface area (TPSA) is 9.23 Å². The molecule has 0 fully saturated rings. The molecule has 66 valence electrons. The molecule has 0 bridgehead atoms. The average molecular weight is 270 g/mol. The van der Waals surface area contributed by atoms with Crippen LogP contribution in [0.5, 0.6) is 5.75 Å². The lowest BCUT2D eigenvalue weighted by atomic mass is 10.3. The number of hydrogen-bond acceptors (Lipinski definition) is 1. The molecule has 1 aromatic carbocycles. The van der Waals surface area contributed by atoms with Crippen LogP contribution in [0.2, 0.25) is 5.02 Å². The van der Waals surface area contributed by atoms with E-state index in [-0.39, 0.29) is 0 Å². The highest BCUT2D eigenvalue weighted by molar-refractivity contribution is 9.10. The van der Waals surface area contributed by atoms with Gasteiger partial charge in [0.1, 0.15) is 12.4 Å². The van der Waals surface area contributed by atoms with Gasteiger partial charge in [-0.3, -0.25) is 0 Å². The van der Waals surface area contributed by atoms with Gasteiger partial charge in [0.25, 0.3) is 0 Å². The Morgan fingerprint density at radius 2 is 2.17 bits per heavy atom. The van der Waals surface area contributed by atoms with Gasteiger partial charge in [0.2, 0.25) is 0 Å². The summed E-state index contributed by atoms with van der Waals surface area (Å²) in [6.07, 6.45) is 0. The van der Waals surface area contributed by atoms with Gasteiger partial charge in [-0.05, 0) is 28.1 Å². The number of halogens is 3. The Balaban J connectivity index is 2.78. The molecule has 0 heterocycles. The summed E-state index contributed by atoms with van der Waals surface area (Å²) >= 11 is 14.7. The van der Waals surface area contributed by atoms with Crippen LogP contribution in [0, 0.1) is 0 Å². The molecule has 0 saturated carbocycles. The number of benzene rings is 1. The molecule has 0 unspecified atom stereocenters. The summed E-state index contributed by atoms with van der Waals surface area (Å²) < 4.78 is 6.10. The predicted octanol–water partition coefficient (Wildman–Crippen LogP) is 3.72. The number of alkyl halides is 1. The molecule has 0 aliphatic rings. The molecule has 1 nitrogen and oxygen atoms in total. The summed E-state index contributed by atoms with van der Waals surface area (Å²) in [5.41, 5.74) is 0. The standard InChI is InChI=1S/C8H7BrCl2O/c9-6-2-1-3-7(8(6)11)12-5-4-10/h1-3H,4-5H2. The number of hydrogen-bond donors (Lipinski definition) is 0. The molecule has 0 N–H and O–H groups in total. The molecule has 0 atom stereocenters. The molecule has 0 aromatic heterocycles. The maximum Gasteiger partial charge on any atom is 0.139 e. The Morgan fingerprint density at radius 3 is 2.83 bits per heavy atom. The zero-order valence-corrected chi connectivity index (χ0v) is 9.29. The molecule has 4 heteroatoms. The Bertz CT molecular complexity index is 265. The van der Waals surface area contributed by atoms with E-state index in [1.165, 1.54) is 0 Å². The van der Waals surface area contributed by atoms with Crippen molar-refractivity contribution in [2.75, 3.05) is 12.5 Å². The van der Waals surface area contributed by atoms with Gasteiger partial charge in [-0.25, -0.2) is 0 Å². The van der Waals surface area contributed by atoms with Gasteiger partial charge in [0.05, 0.1) is 10.9 Å². The van der Waals surface area contributed by atoms with Gasteiger partial charge in [0, 0.05) is 4.47 Å². The first-order chi connectivity index (χ1) is 5.75. The summed E-state index contributed by atoms with van der Waals surface area (Å²) in [4.78, 5) is 0. The van der Waals surface area contributed by atoms with Crippen molar-refractivity contribution < 1.29 is 4.74 Å². The molecule has 1 aromatic rings. The molecule has 0 amide bonds. The van der Waals surface area contributed by atoms with E-state index in [2.05, 4.69) is 15.9 Å². The number of ether oxygens (including phenoxy) is 1. The van der Waals surface area contributed by atoms with Crippen LogP contribution in [-0.4, -0.2) is 12.5 Å². The van der Waals surface area contributed by atoms with Gasteiger partial charge in [-0.15, -0.1) is 11.6 Å². The van der Waals surface area contributed by atoms with Gasteiger partial charge in [-0.1, -0.05) is 17.7 Å². The van der Waals surface area contributed by atoms with Crippen molar-refractivity contribution >= 4 is 39.1 Å². The van der Waals surface area contributed by atoms with Crippen molar-refractivity contribution in [2.45, 2.75) is 0 Å². The monoisotopic (exact) mass is 268 g/mol. The smallest absolute Gasteiger partial charge is 0.139 e. The molecular weight excluding hydrogens is 263 g/mol. The highest BCUT2D eigenvalue weighted by Gasteiger charge is 2.03. The first-order valence-electron chi connectivity index (χ1n) is 3.38. The van der Waals surface area contributed by atoms with Crippen LogP contribution in [0.4, 0.5) is 0 Å². The van der Waals surface area contributed by atoms with Crippen LogP contribution in [0.3, 0.4) is 0 Å². The molecule has 1 rings (SSSR count). The zero-order valence-electron chi connectivity index (χ0n) is 6.19. The summed E-state index contributed by atoms with van der Waals surface area (Å²) in [6, 6.07) is 5.52. The van der Waals surface area contributed by atoms with Crippen LogP contribution in [-0.2, 0) is 0 Å². The second kappa shape index (κ2) is 4.95. The minimum absolute atomic E-state index is 0.461. The van der Waals surface area contributed by atoms with Crippen LogP contribution < -0.4 is 4.74 Å². The minimum atomic E-state index is 0.461. The quantitative estimate of drug-likeness (QED) is 0.760. The Morgan fingerprint density at radius 1 is 1.42 bits per heavy atom. The van der Waals surface area contributed by atoms with Crippen LogP contribution in [0.1, 0.15) is 0 Å². The summed E-state index contributed by atoms with van der Waals surface area (Å²) in [6.45, 7) is 0.470. The van der Waals surface area contributed by atoms with E-state index in [9.17, 15) is 0 Å². The fraction of sp³-hybridized carbons (Fsp3) is 0.250. The van der Waals surface area contributed by atoms with E-state index >= 15 is 0 Å². The summed E-state index contributed by atoms with van der Waals surface area (Å²) in [7, 11) is 0. The highest BCUT2D eigenvalue weighted by atomic mass is 79.9. The van der Waals surface area contributed by atoms with E-state index in [1.54, 1.807) is 6.07 Å². The van der Waals surface area contributed by atoms with Crippen molar-refractivity contribution in [1.82, 2.24) is 0 Å². The predicted molar refractivity (Wildman–Crippen MR) is 55.4 cm³/mol. The first-order valence-corrected chi connectivity index (χ1v) is 5.09. The van der Waals surface area contributed by atoms with Crippen molar-refractivity contribution in [3.63, 3.8) is 0 Å². The van der Waals surface area contributed by atoms with E-state index in [4.69, 9.17) is 27.9 Å². The third-order valence-electron chi connectivity index (χ3n) is 1.25. The fourth-order valence-corrected chi connectivity index (χ4v) is 1.35. The van der Waals surface area contributed by atoms with Gasteiger partial charge in [0.15, 0.2) is 0 Å². The van der Waals surface area contributed by atoms with Crippen LogP contribution in [0.15, 0.2) is 22.7 Å². The Hall–Kier alpha value is 0.0800. The lowest BCUT2D eigenvalue weighted by Gasteiger charge is -2.06. The second-order valence-electron chi connectivity index (χ2n) is 2.09. The average Bonchev–Trinajstić information content (AvgIpc) is 2.08. The summed E-state index contributed by atoms with van der Waals surface area (Å²) in [5, 5.41) is 0.586. The molecule has 0 aliphatic carbocycles. The molecule has 0 radical (unpaired) electrons. The molecule has 0 aliphatic heterocycles. The Kier molecular flexibility index (Phi) is 4.19. The van der Waals surface area contributed by atoms with Gasteiger partial charge < -0.3 is 4.74 Å². The first kappa shape index (κ1) is 10.2. The van der Waals surface area contributed by atoms with E-state index in [0.717, 1.165) is 4.47 Å². The van der Waals surface area contributed by atoms with Crippen molar-refractivity contribution in [3.05, 3.63) is 27.7 Å². The molecule has 12 heavy (non-hydrogen) atoms. The maximum atomic E-state index is 5.91. The fourth-order valence-electron chi connectivity index (χ4n) is 0.744. The normalized spacial score (nSPS) is 9.92. The molecule has 0 spiro atoms. The van der Waals surface area contributed by atoms with Crippen molar-refractivity contribution in [3.8, 4) is 5.75 Å². The molecular formula is C8H7BrCl2O. The van der Waals surface area contributed by atoms with Gasteiger partial charge in [-0.2, -0.15) is 0 Å². The van der Waals surface area contributed by atoms with Crippen LogP contribution >= 0.6 is 39.1 Å². The van der Waals surface area contributed by atoms with Crippen molar-refractivity contribution in [2.24, 2.45) is 0 Å².